The summed E-state index contributed by atoms with van der Waals surface area (Å²) < 4.78 is 10.4. The van der Waals surface area contributed by atoms with Crippen LogP contribution in [0, 0.1) is 0 Å². The van der Waals surface area contributed by atoms with Crippen LogP contribution in [0.4, 0.5) is 0 Å². The van der Waals surface area contributed by atoms with E-state index in [1.807, 2.05) is 0 Å². The maximum atomic E-state index is 9.47. The monoisotopic (exact) mass is 223 g/mol. The van der Waals surface area contributed by atoms with Gasteiger partial charge in [-0.25, -0.2) is 0 Å². The normalized spacial score (nSPS) is 11.9. The molecule has 0 heterocycles. The molecule has 0 radical (unpaired) electrons. The van der Waals surface area contributed by atoms with E-state index in [1.165, 1.54) is 26.4 Å². The third kappa shape index (κ3) is 2.46. The van der Waals surface area contributed by atoms with Crippen molar-refractivity contribution >= 4 is 0 Å². The molecule has 16 heavy (non-hydrogen) atoms. The van der Waals surface area contributed by atoms with E-state index in [4.69, 9.17) is 15.2 Å². The number of methoxy groups -OCH3 is 2. The number of nitrogens with two attached hydrogens (primary N) is 1. The summed E-state index contributed by atoms with van der Waals surface area (Å²) >= 11 is 0. The van der Waals surface area contributed by atoms with E-state index in [9.17, 15) is 5.11 Å². The first-order valence-electron chi connectivity index (χ1n) is 4.95. The molecule has 0 saturated carbocycles. The number of rotatable bonds is 5. The number of aromatic hydroxyl groups is 1. The SMILES string of the molecule is C=CC[C@@H](N)c1c(OC)cc(O)cc1OC. The highest BCUT2D eigenvalue weighted by Gasteiger charge is 2.18. The fourth-order valence-electron chi connectivity index (χ4n) is 1.59. The minimum atomic E-state index is -0.261. The molecule has 0 spiro atoms. The van der Waals surface area contributed by atoms with Crippen molar-refractivity contribution in [3.63, 3.8) is 0 Å². The summed E-state index contributed by atoms with van der Waals surface area (Å²) in [6.45, 7) is 3.64. The number of phenolic OH excluding ortho intramolecular Hbond substituents is 1. The van der Waals surface area contributed by atoms with Gasteiger partial charge in [0.05, 0.1) is 19.8 Å². The quantitative estimate of drug-likeness (QED) is 0.749. The van der Waals surface area contributed by atoms with Gasteiger partial charge < -0.3 is 20.3 Å². The zero-order valence-corrected chi connectivity index (χ0v) is 9.56. The largest absolute Gasteiger partial charge is 0.508 e. The number of ether oxygens (including phenoxy) is 2. The Morgan fingerprint density at radius 2 is 1.88 bits per heavy atom. The molecule has 4 nitrogen and oxygen atoms in total. The second-order valence-electron chi connectivity index (χ2n) is 3.39. The molecule has 1 rings (SSSR count). The molecule has 1 atom stereocenters. The van der Waals surface area contributed by atoms with Gasteiger partial charge in [-0.3, -0.25) is 0 Å². The highest BCUT2D eigenvalue weighted by molar-refractivity contribution is 5.51. The summed E-state index contributed by atoms with van der Waals surface area (Å²) in [6, 6.07) is 2.77. The van der Waals surface area contributed by atoms with Crippen molar-refractivity contribution in [3.8, 4) is 17.2 Å². The van der Waals surface area contributed by atoms with E-state index in [0.717, 1.165) is 5.56 Å². The molecule has 0 aliphatic carbocycles. The summed E-state index contributed by atoms with van der Waals surface area (Å²) in [5.41, 5.74) is 6.73. The molecule has 0 fully saturated rings. The van der Waals surface area contributed by atoms with Gasteiger partial charge in [-0.15, -0.1) is 6.58 Å². The molecule has 0 aliphatic rings. The highest BCUT2D eigenvalue weighted by Crippen LogP contribution is 2.38. The molecule has 0 amide bonds. The van der Waals surface area contributed by atoms with Crippen molar-refractivity contribution < 1.29 is 14.6 Å². The average molecular weight is 223 g/mol. The van der Waals surface area contributed by atoms with E-state index in [2.05, 4.69) is 6.58 Å². The molecular formula is C12H17NO3. The average Bonchev–Trinajstić information content (AvgIpc) is 2.27. The van der Waals surface area contributed by atoms with Gasteiger partial charge in [-0.05, 0) is 6.42 Å². The Morgan fingerprint density at radius 3 is 2.25 bits per heavy atom. The van der Waals surface area contributed by atoms with Crippen LogP contribution in [0.25, 0.3) is 0 Å². The van der Waals surface area contributed by atoms with Crippen LogP contribution in [0.3, 0.4) is 0 Å². The van der Waals surface area contributed by atoms with Crippen molar-refractivity contribution in [2.45, 2.75) is 12.5 Å². The molecule has 0 unspecified atom stereocenters. The van der Waals surface area contributed by atoms with Crippen molar-refractivity contribution in [2.75, 3.05) is 14.2 Å². The topological polar surface area (TPSA) is 64.7 Å². The fraction of sp³-hybridized carbons (Fsp3) is 0.333. The highest BCUT2D eigenvalue weighted by atomic mass is 16.5. The third-order valence-corrected chi connectivity index (χ3v) is 2.32. The van der Waals surface area contributed by atoms with E-state index < -0.39 is 0 Å². The fourth-order valence-corrected chi connectivity index (χ4v) is 1.59. The second-order valence-corrected chi connectivity index (χ2v) is 3.39. The third-order valence-electron chi connectivity index (χ3n) is 2.32. The van der Waals surface area contributed by atoms with Crippen LogP contribution in [-0.4, -0.2) is 19.3 Å². The lowest BCUT2D eigenvalue weighted by Crippen LogP contribution is -2.12. The Balaban J connectivity index is 3.26. The minimum absolute atomic E-state index is 0.0863. The van der Waals surface area contributed by atoms with Gasteiger partial charge >= 0.3 is 0 Å². The van der Waals surface area contributed by atoms with E-state index >= 15 is 0 Å². The first-order valence-corrected chi connectivity index (χ1v) is 4.95. The van der Waals surface area contributed by atoms with Crippen LogP contribution in [0.1, 0.15) is 18.0 Å². The maximum Gasteiger partial charge on any atom is 0.131 e. The van der Waals surface area contributed by atoms with E-state index in [1.54, 1.807) is 6.08 Å². The zero-order chi connectivity index (χ0) is 12.1. The van der Waals surface area contributed by atoms with Crippen molar-refractivity contribution in [1.82, 2.24) is 0 Å². The Hall–Kier alpha value is -1.68. The predicted molar refractivity (Wildman–Crippen MR) is 63.0 cm³/mol. The number of hydrogen-bond donors (Lipinski definition) is 2. The first kappa shape index (κ1) is 12.4. The van der Waals surface area contributed by atoms with Gasteiger partial charge in [-0.2, -0.15) is 0 Å². The molecule has 0 aromatic heterocycles. The van der Waals surface area contributed by atoms with E-state index in [-0.39, 0.29) is 11.8 Å². The lowest BCUT2D eigenvalue weighted by atomic mass is 10.0. The van der Waals surface area contributed by atoms with Gasteiger partial charge in [0, 0.05) is 18.2 Å². The summed E-state index contributed by atoms with van der Waals surface area (Å²) in [5.74, 6) is 1.13. The maximum absolute atomic E-state index is 9.47. The zero-order valence-electron chi connectivity index (χ0n) is 9.56. The van der Waals surface area contributed by atoms with Gasteiger partial charge in [-0.1, -0.05) is 6.08 Å². The molecule has 0 bridgehead atoms. The lowest BCUT2D eigenvalue weighted by Gasteiger charge is -2.18. The van der Waals surface area contributed by atoms with Gasteiger partial charge in [0.1, 0.15) is 17.2 Å². The van der Waals surface area contributed by atoms with Crippen LogP contribution in [-0.2, 0) is 0 Å². The molecule has 0 saturated heterocycles. The van der Waals surface area contributed by atoms with E-state index in [0.29, 0.717) is 17.9 Å². The number of phenols is 1. The van der Waals surface area contributed by atoms with Gasteiger partial charge in [0.15, 0.2) is 0 Å². The summed E-state index contributed by atoms with van der Waals surface area (Å²) in [5, 5.41) is 9.47. The van der Waals surface area contributed by atoms with Crippen LogP contribution >= 0.6 is 0 Å². The van der Waals surface area contributed by atoms with Crippen LogP contribution in [0.2, 0.25) is 0 Å². The molecule has 0 aliphatic heterocycles. The van der Waals surface area contributed by atoms with Crippen molar-refractivity contribution in [1.29, 1.82) is 0 Å². The smallest absolute Gasteiger partial charge is 0.131 e. The number of benzene rings is 1. The van der Waals surface area contributed by atoms with Crippen molar-refractivity contribution in [3.05, 3.63) is 30.4 Å². The summed E-state index contributed by atoms with van der Waals surface area (Å²) in [4.78, 5) is 0. The van der Waals surface area contributed by atoms with Gasteiger partial charge in [0.2, 0.25) is 0 Å². The molecule has 1 aromatic rings. The second kappa shape index (κ2) is 5.42. The molecule has 1 aromatic carbocycles. The first-order chi connectivity index (χ1) is 7.63. The Bertz CT molecular complexity index is 352. The number of hydrogen-bond acceptors (Lipinski definition) is 4. The molecule has 3 N–H and O–H groups in total. The predicted octanol–water partition coefficient (Wildman–Crippen LogP) is 1.99. The minimum Gasteiger partial charge on any atom is -0.508 e. The lowest BCUT2D eigenvalue weighted by molar-refractivity contribution is 0.371. The summed E-state index contributed by atoms with van der Waals surface area (Å²) in [6.07, 6.45) is 2.34. The standard InChI is InChI=1S/C12H17NO3/c1-4-5-9(13)12-10(15-2)6-8(14)7-11(12)16-3/h4,6-7,9,14H,1,5,13H2,2-3H3/t9-/m1/s1. The van der Waals surface area contributed by atoms with Crippen LogP contribution in [0.5, 0.6) is 17.2 Å². The molecular weight excluding hydrogens is 206 g/mol. The Kier molecular flexibility index (Phi) is 4.19. The van der Waals surface area contributed by atoms with Gasteiger partial charge in [0.25, 0.3) is 0 Å². The molecule has 88 valence electrons. The Labute approximate surface area is 95.3 Å². The van der Waals surface area contributed by atoms with Crippen LogP contribution < -0.4 is 15.2 Å². The van der Waals surface area contributed by atoms with Crippen LogP contribution in [0.15, 0.2) is 24.8 Å². The Morgan fingerprint density at radius 1 is 1.38 bits per heavy atom. The molecule has 4 heteroatoms. The van der Waals surface area contributed by atoms with Crippen molar-refractivity contribution in [2.24, 2.45) is 5.73 Å². The summed E-state index contributed by atoms with van der Waals surface area (Å²) in [7, 11) is 3.05.